The first-order valence-electron chi connectivity index (χ1n) is 14.0. The first-order chi connectivity index (χ1) is 19.3. The number of fused-ring (bicyclic) bond motifs is 1. The second-order valence-electron chi connectivity index (χ2n) is 12.3. The highest BCUT2D eigenvalue weighted by atomic mass is 127. The Kier molecular flexibility index (Phi) is 10.3. The molecule has 2 aromatic rings. The molecule has 0 bridgehead atoms. The van der Waals surface area contributed by atoms with Crippen LogP contribution >= 0.6 is 38.5 Å². The minimum atomic E-state index is -2.62. The number of piperidine rings is 1. The molecule has 1 atom stereocenters. The normalized spacial score (nSPS) is 20.5. The van der Waals surface area contributed by atoms with Gasteiger partial charge in [0.15, 0.2) is 5.75 Å². The van der Waals surface area contributed by atoms with Crippen LogP contribution in [-0.4, -0.2) is 96.9 Å². The van der Waals surface area contributed by atoms with Crippen molar-refractivity contribution in [2.75, 3.05) is 57.9 Å². The van der Waals surface area contributed by atoms with Gasteiger partial charge in [-0.2, -0.15) is 9.97 Å². The number of hydrogen-bond donors (Lipinski definition) is 0. The quantitative estimate of drug-likeness (QED) is 0.293. The monoisotopic (exact) mass is 767 g/mol. The van der Waals surface area contributed by atoms with Gasteiger partial charge in [0, 0.05) is 46.6 Å². The number of carbonyl (C=O) groups is 1. The van der Waals surface area contributed by atoms with Crippen molar-refractivity contribution in [2.24, 2.45) is 5.41 Å². The van der Waals surface area contributed by atoms with E-state index in [1.807, 2.05) is 26.8 Å². The van der Waals surface area contributed by atoms with E-state index in [1.165, 1.54) is 0 Å². The summed E-state index contributed by atoms with van der Waals surface area (Å²) in [6, 6.07) is 2.44. The number of ether oxygens (including phenoxy) is 3. The number of likely N-dealkylation sites (N-methyl/N-ethyl adjacent to an activating group) is 1. The summed E-state index contributed by atoms with van der Waals surface area (Å²) in [4.78, 5) is 28.3. The van der Waals surface area contributed by atoms with Crippen molar-refractivity contribution in [1.29, 1.82) is 0 Å². The van der Waals surface area contributed by atoms with Gasteiger partial charge in [-0.3, -0.25) is 0 Å². The summed E-state index contributed by atoms with van der Waals surface area (Å²) in [5.74, 6) is 0.967. The van der Waals surface area contributed by atoms with E-state index >= 15 is 0 Å². The highest BCUT2D eigenvalue weighted by Crippen LogP contribution is 2.45. The fourth-order valence-electron chi connectivity index (χ4n) is 5.82. The zero-order chi connectivity index (χ0) is 29.5. The van der Waals surface area contributed by atoms with E-state index in [0.717, 1.165) is 54.3 Å². The molecule has 0 saturated carbocycles. The lowest BCUT2D eigenvalue weighted by Gasteiger charge is -2.53. The van der Waals surface area contributed by atoms with Crippen molar-refractivity contribution >= 4 is 61.3 Å². The molecule has 1 amide bonds. The van der Waals surface area contributed by atoms with Gasteiger partial charge < -0.3 is 28.9 Å². The zero-order valence-electron chi connectivity index (χ0n) is 23.9. The topological polar surface area (TPSA) is 80.3 Å². The van der Waals surface area contributed by atoms with E-state index in [0.29, 0.717) is 35.5 Å². The molecule has 13 heteroatoms. The number of nitrogens with zero attached hydrogens (tertiary/aromatic N) is 5. The van der Waals surface area contributed by atoms with Gasteiger partial charge >= 0.3 is 12.1 Å². The molecule has 4 heterocycles. The average molecular weight is 768 g/mol. The zero-order valence-corrected chi connectivity index (χ0v) is 27.6. The SMILES string of the molecule is C.CN1CCC[C@H]1COc1nc(N2CCC3(CC2)CN(C(=O)OC(C)(C)C)C3)c2cc(I)c(Br)c(OCC(F)F)c2n1. The molecular weight excluding hydrogens is 727 g/mol. The molecule has 0 unspecified atom stereocenters. The number of alkyl halides is 2. The fourth-order valence-corrected chi connectivity index (χ4v) is 6.79. The van der Waals surface area contributed by atoms with Gasteiger partial charge in [0.2, 0.25) is 0 Å². The van der Waals surface area contributed by atoms with Crippen LogP contribution in [0.2, 0.25) is 0 Å². The van der Waals surface area contributed by atoms with Crippen LogP contribution in [0.5, 0.6) is 11.8 Å². The van der Waals surface area contributed by atoms with E-state index in [9.17, 15) is 13.6 Å². The Morgan fingerprint density at radius 1 is 1.19 bits per heavy atom. The Hall–Kier alpha value is -1.74. The molecule has 3 aliphatic heterocycles. The third-order valence-electron chi connectivity index (χ3n) is 8.06. The fraction of sp³-hybridized carbons (Fsp3) is 0.690. The minimum Gasteiger partial charge on any atom is -0.484 e. The second-order valence-corrected chi connectivity index (χ2v) is 14.3. The van der Waals surface area contributed by atoms with Crippen molar-refractivity contribution in [3.8, 4) is 11.8 Å². The number of amides is 1. The Bertz CT molecular complexity index is 1280. The second kappa shape index (κ2) is 13.1. The van der Waals surface area contributed by atoms with Crippen LogP contribution in [0, 0.1) is 8.99 Å². The Labute approximate surface area is 268 Å². The summed E-state index contributed by atoms with van der Waals surface area (Å²) >= 11 is 5.68. The minimum absolute atomic E-state index is 0. The van der Waals surface area contributed by atoms with Gasteiger partial charge in [-0.05, 0) is 105 Å². The highest BCUT2D eigenvalue weighted by molar-refractivity contribution is 14.1. The van der Waals surface area contributed by atoms with Crippen molar-refractivity contribution in [1.82, 2.24) is 19.8 Å². The lowest BCUT2D eigenvalue weighted by Crippen LogP contribution is -2.62. The number of aromatic nitrogens is 2. The number of anilines is 1. The van der Waals surface area contributed by atoms with Crippen LogP contribution in [0.4, 0.5) is 19.4 Å². The largest absolute Gasteiger partial charge is 0.484 e. The number of benzene rings is 1. The van der Waals surface area contributed by atoms with Gasteiger partial charge in [0.1, 0.15) is 30.1 Å². The van der Waals surface area contributed by atoms with E-state index < -0.39 is 18.6 Å². The standard InChI is InChI=1S/C28H37BrF2IN5O4.CH4/c1-27(2,3)41-26(38)37-15-28(16-37)7-10-36(11-8-28)24-18-12-19(32)21(29)23(39-14-20(30)31)22(18)33-25(34-24)40-13-17-6-5-9-35(17)4;/h12,17,20H,5-11,13-16H2,1-4H3;1H4/t17-;/m0./s1. The smallest absolute Gasteiger partial charge is 0.410 e. The van der Waals surface area contributed by atoms with E-state index in [1.54, 1.807) is 4.90 Å². The third kappa shape index (κ3) is 7.31. The summed E-state index contributed by atoms with van der Waals surface area (Å²) in [6.07, 6.45) is 1.06. The number of hydrogen-bond acceptors (Lipinski definition) is 8. The van der Waals surface area contributed by atoms with Crippen LogP contribution in [0.15, 0.2) is 10.5 Å². The molecule has 9 nitrogen and oxygen atoms in total. The molecule has 42 heavy (non-hydrogen) atoms. The van der Waals surface area contributed by atoms with Crippen LogP contribution in [0.3, 0.4) is 0 Å². The predicted octanol–water partition coefficient (Wildman–Crippen LogP) is 6.59. The molecule has 0 aliphatic carbocycles. The Balaban J connectivity index is 0.00000405. The molecule has 1 spiro atoms. The number of halogens is 4. The molecule has 3 saturated heterocycles. The van der Waals surface area contributed by atoms with Crippen molar-refractivity contribution < 1.29 is 27.8 Å². The van der Waals surface area contributed by atoms with Crippen molar-refractivity contribution in [3.05, 3.63) is 14.1 Å². The van der Waals surface area contributed by atoms with Crippen molar-refractivity contribution in [2.45, 2.75) is 71.9 Å². The Morgan fingerprint density at radius 2 is 1.88 bits per heavy atom. The van der Waals surface area contributed by atoms with E-state index in [-0.39, 0.29) is 36.7 Å². The third-order valence-corrected chi connectivity index (χ3v) is 10.4. The number of likely N-dealkylation sites (tertiary alicyclic amines) is 2. The maximum atomic E-state index is 13.2. The van der Waals surface area contributed by atoms with Gasteiger partial charge in [-0.15, -0.1) is 0 Å². The molecule has 5 rings (SSSR count). The molecule has 1 aromatic heterocycles. The van der Waals surface area contributed by atoms with Gasteiger partial charge in [-0.1, -0.05) is 7.43 Å². The molecular formula is C29H41BrF2IN5O4. The van der Waals surface area contributed by atoms with Crippen LogP contribution in [0.1, 0.15) is 53.9 Å². The summed E-state index contributed by atoms with van der Waals surface area (Å²) in [6.45, 7) is 9.18. The maximum absolute atomic E-state index is 13.2. The summed E-state index contributed by atoms with van der Waals surface area (Å²) in [5.41, 5.74) is -0.0157. The lowest BCUT2D eigenvalue weighted by molar-refractivity contribution is -0.0434. The van der Waals surface area contributed by atoms with Gasteiger partial charge in [0.05, 0.1) is 4.47 Å². The van der Waals surface area contributed by atoms with E-state index in [2.05, 4.69) is 60.4 Å². The number of carbonyl (C=O) groups excluding carboxylic acids is 1. The molecule has 0 radical (unpaired) electrons. The first kappa shape index (κ1) is 33.2. The summed E-state index contributed by atoms with van der Waals surface area (Å²) < 4.78 is 45.0. The molecule has 234 valence electrons. The maximum Gasteiger partial charge on any atom is 0.410 e. The first-order valence-corrected chi connectivity index (χ1v) is 15.9. The summed E-state index contributed by atoms with van der Waals surface area (Å²) in [7, 11) is 2.08. The highest BCUT2D eigenvalue weighted by Gasteiger charge is 2.48. The van der Waals surface area contributed by atoms with Crippen LogP contribution < -0.4 is 14.4 Å². The van der Waals surface area contributed by atoms with Crippen LogP contribution in [0.25, 0.3) is 10.9 Å². The molecule has 0 N–H and O–H groups in total. The Morgan fingerprint density at radius 3 is 2.48 bits per heavy atom. The van der Waals surface area contributed by atoms with Gasteiger partial charge in [0.25, 0.3) is 6.43 Å². The van der Waals surface area contributed by atoms with Crippen LogP contribution in [-0.2, 0) is 4.74 Å². The molecule has 1 aromatic carbocycles. The van der Waals surface area contributed by atoms with Crippen molar-refractivity contribution in [3.63, 3.8) is 0 Å². The summed E-state index contributed by atoms with van der Waals surface area (Å²) in [5, 5.41) is 0.729. The average Bonchev–Trinajstić information content (AvgIpc) is 3.29. The molecule has 3 aliphatic rings. The van der Waals surface area contributed by atoms with Gasteiger partial charge in [-0.25, -0.2) is 13.6 Å². The number of rotatable bonds is 7. The predicted molar refractivity (Wildman–Crippen MR) is 171 cm³/mol. The van der Waals surface area contributed by atoms with E-state index in [4.69, 9.17) is 19.2 Å². The lowest BCUT2D eigenvalue weighted by atomic mass is 9.72. The molecule has 3 fully saturated rings.